The third-order valence-electron chi connectivity index (χ3n) is 3.52. The Bertz CT molecular complexity index is 387. The third kappa shape index (κ3) is 3.22. The summed E-state index contributed by atoms with van der Waals surface area (Å²) in [4.78, 5) is 6.91. The van der Waals surface area contributed by atoms with Gasteiger partial charge in [0.2, 0.25) is 0 Å². The van der Waals surface area contributed by atoms with Gasteiger partial charge in [-0.1, -0.05) is 27.7 Å². The molecule has 1 aromatic rings. The van der Waals surface area contributed by atoms with Crippen molar-refractivity contribution in [3.05, 3.63) is 23.9 Å². The van der Waals surface area contributed by atoms with Crippen LogP contribution in [0, 0.1) is 0 Å². The maximum atomic E-state index is 4.52. The van der Waals surface area contributed by atoms with Gasteiger partial charge in [-0.25, -0.2) is 4.98 Å². The predicted molar refractivity (Wildman–Crippen MR) is 77.2 cm³/mol. The van der Waals surface area contributed by atoms with Gasteiger partial charge in [0.05, 0.1) is 0 Å². The van der Waals surface area contributed by atoms with Crippen LogP contribution in [0.1, 0.15) is 45.6 Å². The van der Waals surface area contributed by atoms with Gasteiger partial charge in [-0.3, -0.25) is 0 Å². The number of hydrogen-bond donors (Lipinski definition) is 1. The first-order valence-corrected chi connectivity index (χ1v) is 7.03. The summed E-state index contributed by atoms with van der Waals surface area (Å²) in [7, 11) is 0. The summed E-state index contributed by atoms with van der Waals surface area (Å²) < 4.78 is 0. The number of nitrogens with zero attached hydrogens (tertiary/aromatic N) is 2. The fourth-order valence-electron chi connectivity index (χ4n) is 2.54. The topological polar surface area (TPSA) is 28.2 Å². The summed E-state index contributed by atoms with van der Waals surface area (Å²) in [5.41, 5.74) is 1.38. The van der Waals surface area contributed by atoms with Gasteiger partial charge in [-0.2, -0.15) is 0 Å². The molecule has 1 fully saturated rings. The third-order valence-corrected chi connectivity index (χ3v) is 3.52. The molecule has 0 amide bonds. The van der Waals surface area contributed by atoms with Gasteiger partial charge in [-0.15, -0.1) is 0 Å². The van der Waals surface area contributed by atoms with Crippen LogP contribution in [0.5, 0.6) is 0 Å². The Hall–Kier alpha value is -1.09. The van der Waals surface area contributed by atoms with Gasteiger partial charge in [0.1, 0.15) is 5.82 Å². The Balaban J connectivity index is 2.02. The summed E-state index contributed by atoms with van der Waals surface area (Å²) >= 11 is 0. The van der Waals surface area contributed by atoms with E-state index < -0.39 is 0 Å². The Morgan fingerprint density at radius 3 is 2.78 bits per heavy atom. The Morgan fingerprint density at radius 2 is 2.11 bits per heavy atom. The van der Waals surface area contributed by atoms with Gasteiger partial charge in [0.25, 0.3) is 0 Å². The molecule has 1 unspecified atom stereocenters. The number of nitrogens with one attached hydrogen (secondary N) is 1. The highest BCUT2D eigenvalue weighted by Crippen LogP contribution is 2.22. The molecule has 3 heteroatoms. The Kier molecular flexibility index (Phi) is 4.23. The second kappa shape index (κ2) is 5.70. The minimum Gasteiger partial charge on any atom is -0.355 e. The van der Waals surface area contributed by atoms with Gasteiger partial charge in [0.15, 0.2) is 0 Å². The molecule has 1 atom stereocenters. The van der Waals surface area contributed by atoms with Crippen molar-refractivity contribution in [1.82, 2.24) is 10.3 Å². The van der Waals surface area contributed by atoms with Crippen LogP contribution >= 0.6 is 0 Å². The van der Waals surface area contributed by atoms with Gasteiger partial charge in [0, 0.05) is 31.4 Å². The predicted octanol–water partition coefficient (Wildman–Crippen LogP) is 2.78. The van der Waals surface area contributed by atoms with E-state index in [0.29, 0.717) is 18.0 Å². The molecule has 18 heavy (non-hydrogen) atoms. The fraction of sp³-hybridized carbons (Fsp3) is 0.667. The molecule has 0 saturated carbocycles. The zero-order valence-corrected chi connectivity index (χ0v) is 12.0. The van der Waals surface area contributed by atoms with E-state index in [1.165, 1.54) is 12.0 Å². The van der Waals surface area contributed by atoms with Crippen molar-refractivity contribution in [3.8, 4) is 0 Å². The zero-order valence-electron chi connectivity index (χ0n) is 12.0. The van der Waals surface area contributed by atoms with Crippen LogP contribution in [0.4, 0.5) is 5.82 Å². The summed E-state index contributed by atoms with van der Waals surface area (Å²) in [6.07, 6.45) is 3.15. The van der Waals surface area contributed by atoms with Crippen molar-refractivity contribution in [2.24, 2.45) is 0 Å². The van der Waals surface area contributed by atoms with E-state index in [1.807, 2.05) is 6.20 Å². The lowest BCUT2D eigenvalue weighted by Crippen LogP contribution is -2.37. The molecular formula is C15H25N3. The van der Waals surface area contributed by atoms with E-state index >= 15 is 0 Å². The van der Waals surface area contributed by atoms with Crippen LogP contribution in [0.3, 0.4) is 0 Å². The normalized spacial score (nSPS) is 20.1. The molecule has 2 heterocycles. The highest BCUT2D eigenvalue weighted by molar-refractivity contribution is 5.43. The van der Waals surface area contributed by atoms with Crippen molar-refractivity contribution < 1.29 is 0 Å². The lowest BCUT2D eigenvalue weighted by atomic mass is 10.1. The van der Waals surface area contributed by atoms with E-state index in [4.69, 9.17) is 0 Å². The van der Waals surface area contributed by atoms with Crippen LogP contribution in [0.2, 0.25) is 0 Å². The monoisotopic (exact) mass is 247 g/mol. The number of anilines is 1. The minimum atomic E-state index is 0.560. The molecule has 2 rings (SSSR count). The first-order chi connectivity index (χ1) is 8.56. The standard InChI is InChI=1S/C15H25N3/c1-11(2)13-5-7-16-15(9-13)18-8-6-14(10-18)17-12(3)4/h5,7,9,11-12,14,17H,6,8,10H2,1-4H3. The molecule has 1 aliphatic rings. The molecule has 0 aliphatic carbocycles. The Labute approximate surface area is 111 Å². The second-order valence-electron chi connectivity index (χ2n) is 5.86. The van der Waals surface area contributed by atoms with E-state index in [1.54, 1.807) is 0 Å². The van der Waals surface area contributed by atoms with Crippen molar-refractivity contribution in [3.63, 3.8) is 0 Å². The maximum absolute atomic E-state index is 4.52. The summed E-state index contributed by atoms with van der Waals surface area (Å²) in [5.74, 6) is 1.70. The molecular weight excluding hydrogens is 222 g/mol. The van der Waals surface area contributed by atoms with Crippen molar-refractivity contribution in [2.45, 2.75) is 52.1 Å². The first kappa shape index (κ1) is 13.3. The summed E-state index contributed by atoms with van der Waals surface area (Å²) in [6, 6.07) is 5.52. The van der Waals surface area contributed by atoms with E-state index in [9.17, 15) is 0 Å². The number of pyridine rings is 1. The molecule has 1 N–H and O–H groups in total. The van der Waals surface area contributed by atoms with Crippen LogP contribution < -0.4 is 10.2 Å². The smallest absolute Gasteiger partial charge is 0.128 e. The van der Waals surface area contributed by atoms with Crippen LogP contribution in [-0.2, 0) is 0 Å². The number of aromatic nitrogens is 1. The molecule has 1 aromatic heterocycles. The van der Waals surface area contributed by atoms with E-state index in [2.05, 4.69) is 55.0 Å². The van der Waals surface area contributed by atoms with Crippen molar-refractivity contribution >= 4 is 5.82 Å². The van der Waals surface area contributed by atoms with E-state index in [0.717, 1.165) is 18.9 Å². The van der Waals surface area contributed by atoms with Crippen molar-refractivity contribution in [1.29, 1.82) is 0 Å². The molecule has 0 bridgehead atoms. The van der Waals surface area contributed by atoms with E-state index in [-0.39, 0.29) is 0 Å². The lowest BCUT2D eigenvalue weighted by molar-refractivity contribution is 0.492. The lowest BCUT2D eigenvalue weighted by Gasteiger charge is -2.20. The molecule has 1 saturated heterocycles. The molecule has 100 valence electrons. The van der Waals surface area contributed by atoms with Gasteiger partial charge < -0.3 is 10.2 Å². The van der Waals surface area contributed by atoms with Crippen LogP contribution in [-0.4, -0.2) is 30.2 Å². The molecule has 1 aliphatic heterocycles. The second-order valence-corrected chi connectivity index (χ2v) is 5.86. The quantitative estimate of drug-likeness (QED) is 0.887. The zero-order chi connectivity index (χ0) is 13.1. The average molecular weight is 247 g/mol. The summed E-state index contributed by atoms with van der Waals surface area (Å²) in [6.45, 7) is 11.1. The largest absolute Gasteiger partial charge is 0.355 e. The van der Waals surface area contributed by atoms with Gasteiger partial charge >= 0.3 is 0 Å². The molecule has 0 aromatic carbocycles. The highest BCUT2D eigenvalue weighted by Gasteiger charge is 2.23. The maximum Gasteiger partial charge on any atom is 0.128 e. The summed E-state index contributed by atoms with van der Waals surface area (Å²) in [5, 5.41) is 3.61. The van der Waals surface area contributed by atoms with Crippen LogP contribution in [0.25, 0.3) is 0 Å². The Morgan fingerprint density at radius 1 is 1.33 bits per heavy atom. The average Bonchev–Trinajstić information content (AvgIpc) is 2.77. The highest BCUT2D eigenvalue weighted by atomic mass is 15.2. The van der Waals surface area contributed by atoms with Crippen molar-refractivity contribution in [2.75, 3.05) is 18.0 Å². The number of rotatable bonds is 4. The fourth-order valence-corrected chi connectivity index (χ4v) is 2.54. The molecule has 0 spiro atoms. The molecule has 3 nitrogen and oxygen atoms in total. The first-order valence-electron chi connectivity index (χ1n) is 7.03. The van der Waals surface area contributed by atoms with Crippen LogP contribution in [0.15, 0.2) is 18.3 Å². The minimum absolute atomic E-state index is 0.560. The van der Waals surface area contributed by atoms with Gasteiger partial charge in [-0.05, 0) is 30.0 Å². The number of hydrogen-bond acceptors (Lipinski definition) is 3. The molecule has 0 radical (unpaired) electrons. The SMILES string of the molecule is CC(C)NC1CCN(c2cc(C(C)C)ccn2)C1.